The van der Waals surface area contributed by atoms with Crippen LogP contribution in [0.1, 0.15) is 0 Å². The van der Waals surface area contributed by atoms with Crippen LogP contribution in [-0.2, 0) is 14.3 Å². The van der Waals surface area contributed by atoms with Crippen molar-refractivity contribution in [3.05, 3.63) is 29.3 Å². The highest BCUT2D eigenvalue weighted by Gasteiger charge is 2.07. The summed E-state index contributed by atoms with van der Waals surface area (Å²) in [6.45, 7) is 1.26. The summed E-state index contributed by atoms with van der Waals surface area (Å²) in [7, 11) is 3.22. The number of methoxy groups -OCH3 is 2. The van der Waals surface area contributed by atoms with E-state index in [1.54, 1.807) is 38.5 Å². The third-order valence-corrected chi connectivity index (χ3v) is 2.72. The van der Waals surface area contributed by atoms with Crippen molar-refractivity contribution in [1.82, 2.24) is 5.32 Å². The highest BCUT2D eigenvalue weighted by Crippen LogP contribution is 2.12. The van der Waals surface area contributed by atoms with Crippen molar-refractivity contribution >= 4 is 23.2 Å². The van der Waals surface area contributed by atoms with E-state index in [1.807, 2.05) is 0 Å². The number of anilines is 1. The number of hydrogen-bond donors (Lipinski definition) is 2. The molecule has 0 bridgehead atoms. The van der Waals surface area contributed by atoms with E-state index in [-0.39, 0.29) is 18.6 Å². The van der Waals surface area contributed by atoms with Gasteiger partial charge in [-0.15, -0.1) is 0 Å². The Morgan fingerprint density at radius 2 is 2.00 bits per heavy atom. The number of halogens is 1. The van der Waals surface area contributed by atoms with Crippen molar-refractivity contribution in [2.45, 2.75) is 6.10 Å². The predicted molar refractivity (Wildman–Crippen MR) is 75.6 cm³/mol. The zero-order chi connectivity index (χ0) is 14.1. The standard InChI is InChI=1S/C13H19ClN2O3/c1-18-9-12(19-2)7-15-8-13(17)16-11-5-3-10(14)4-6-11/h3-6,12,15H,7-9H2,1-2H3,(H,16,17). The Bertz CT molecular complexity index is 384. The van der Waals surface area contributed by atoms with E-state index < -0.39 is 0 Å². The van der Waals surface area contributed by atoms with Crippen molar-refractivity contribution in [2.75, 3.05) is 39.2 Å². The maximum atomic E-state index is 11.6. The van der Waals surface area contributed by atoms with Crippen LogP contribution in [0.3, 0.4) is 0 Å². The van der Waals surface area contributed by atoms with Gasteiger partial charge in [0.2, 0.25) is 5.91 Å². The lowest BCUT2D eigenvalue weighted by Crippen LogP contribution is -2.36. The Balaban J connectivity index is 2.26. The lowest BCUT2D eigenvalue weighted by Gasteiger charge is -2.14. The van der Waals surface area contributed by atoms with Gasteiger partial charge in [-0.25, -0.2) is 0 Å². The summed E-state index contributed by atoms with van der Waals surface area (Å²) < 4.78 is 10.2. The summed E-state index contributed by atoms with van der Waals surface area (Å²) in [5, 5.41) is 6.41. The molecule has 0 radical (unpaired) electrons. The molecular formula is C13H19ClN2O3. The Morgan fingerprint density at radius 3 is 2.58 bits per heavy atom. The Labute approximate surface area is 118 Å². The molecule has 1 atom stereocenters. The SMILES string of the molecule is COCC(CNCC(=O)Nc1ccc(Cl)cc1)OC. The van der Waals surface area contributed by atoms with Crippen LogP contribution in [0, 0.1) is 0 Å². The molecule has 1 aromatic rings. The van der Waals surface area contributed by atoms with E-state index in [2.05, 4.69) is 10.6 Å². The zero-order valence-corrected chi connectivity index (χ0v) is 11.9. The third kappa shape index (κ3) is 6.54. The molecule has 1 amide bonds. The monoisotopic (exact) mass is 286 g/mol. The van der Waals surface area contributed by atoms with Crippen molar-refractivity contribution < 1.29 is 14.3 Å². The smallest absolute Gasteiger partial charge is 0.238 e. The largest absolute Gasteiger partial charge is 0.382 e. The van der Waals surface area contributed by atoms with Crippen molar-refractivity contribution in [1.29, 1.82) is 0 Å². The minimum atomic E-state index is -0.116. The Morgan fingerprint density at radius 1 is 1.32 bits per heavy atom. The molecule has 0 aliphatic carbocycles. The van der Waals surface area contributed by atoms with Gasteiger partial charge in [-0.1, -0.05) is 11.6 Å². The molecule has 0 heterocycles. The number of rotatable bonds is 8. The molecule has 6 heteroatoms. The van der Waals surface area contributed by atoms with Crippen molar-refractivity contribution in [3.63, 3.8) is 0 Å². The molecule has 0 aliphatic heterocycles. The molecule has 2 N–H and O–H groups in total. The number of carbonyl (C=O) groups is 1. The van der Waals surface area contributed by atoms with Gasteiger partial charge >= 0.3 is 0 Å². The van der Waals surface area contributed by atoms with E-state index in [9.17, 15) is 4.79 Å². The average Bonchev–Trinajstić information content (AvgIpc) is 2.40. The molecule has 106 valence electrons. The van der Waals surface area contributed by atoms with Gasteiger partial charge in [0, 0.05) is 31.5 Å². The molecule has 0 spiro atoms. The second-order valence-corrected chi connectivity index (χ2v) is 4.44. The number of benzene rings is 1. The van der Waals surface area contributed by atoms with Gasteiger partial charge in [0.15, 0.2) is 0 Å². The van der Waals surface area contributed by atoms with E-state index in [0.29, 0.717) is 18.2 Å². The summed E-state index contributed by atoms with van der Waals surface area (Å²) >= 11 is 5.76. The molecule has 0 saturated heterocycles. The summed E-state index contributed by atoms with van der Waals surface area (Å²) in [4.78, 5) is 11.6. The molecule has 1 rings (SSSR count). The molecule has 1 unspecified atom stereocenters. The fourth-order valence-electron chi connectivity index (χ4n) is 1.48. The number of nitrogens with one attached hydrogen (secondary N) is 2. The quantitative estimate of drug-likeness (QED) is 0.761. The molecule has 1 aromatic carbocycles. The third-order valence-electron chi connectivity index (χ3n) is 2.47. The molecule has 0 aliphatic rings. The normalized spacial score (nSPS) is 12.2. The highest BCUT2D eigenvalue weighted by atomic mass is 35.5. The van der Waals surface area contributed by atoms with Crippen LogP contribution in [0.15, 0.2) is 24.3 Å². The van der Waals surface area contributed by atoms with Crippen LogP contribution in [0.4, 0.5) is 5.69 Å². The lowest BCUT2D eigenvalue weighted by atomic mass is 10.3. The van der Waals surface area contributed by atoms with E-state index in [4.69, 9.17) is 21.1 Å². The highest BCUT2D eigenvalue weighted by molar-refractivity contribution is 6.30. The van der Waals surface area contributed by atoms with Gasteiger partial charge in [-0.05, 0) is 24.3 Å². The number of hydrogen-bond acceptors (Lipinski definition) is 4. The van der Waals surface area contributed by atoms with Gasteiger partial charge in [0.25, 0.3) is 0 Å². The van der Waals surface area contributed by atoms with Crippen LogP contribution < -0.4 is 10.6 Å². The second kappa shape index (κ2) is 8.87. The fourth-order valence-corrected chi connectivity index (χ4v) is 1.61. The van der Waals surface area contributed by atoms with Gasteiger partial charge in [0.1, 0.15) is 0 Å². The van der Waals surface area contributed by atoms with Crippen LogP contribution >= 0.6 is 11.6 Å². The van der Waals surface area contributed by atoms with Gasteiger partial charge in [0.05, 0.1) is 19.3 Å². The van der Waals surface area contributed by atoms with Crippen LogP contribution in [0.5, 0.6) is 0 Å². The molecule has 0 aromatic heterocycles. The first-order valence-corrected chi connectivity index (χ1v) is 6.31. The molecule has 0 fully saturated rings. The van der Waals surface area contributed by atoms with Gasteiger partial charge < -0.3 is 20.1 Å². The summed E-state index contributed by atoms with van der Waals surface area (Å²) in [6.07, 6.45) is -0.0617. The summed E-state index contributed by atoms with van der Waals surface area (Å²) in [5.41, 5.74) is 0.719. The summed E-state index contributed by atoms with van der Waals surface area (Å²) in [6, 6.07) is 6.96. The minimum absolute atomic E-state index is 0.0617. The maximum Gasteiger partial charge on any atom is 0.238 e. The first-order valence-electron chi connectivity index (χ1n) is 5.93. The number of carbonyl (C=O) groups excluding carboxylic acids is 1. The van der Waals surface area contributed by atoms with Gasteiger partial charge in [-0.2, -0.15) is 0 Å². The zero-order valence-electron chi connectivity index (χ0n) is 11.1. The number of ether oxygens (including phenoxy) is 2. The average molecular weight is 287 g/mol. The van der Waals surface area contributed by atoms with Crippen LogP contribution in [-0.4, -0.2) is 45.9 Å². The van der Waals surface area contributed by atoms with E-state index >= 15 is 0 Å². The number of amides is 1. The van der Waals surface area contributed by atoms with Crippen LogP contribution in [0.2, 0.25) is 5.02 Å². The molecule has 0 saturated carbocycles. The molecule has 5 nitrogen and oxygen atoms in total. The predicted octanol–water partition coefficient (Wildman–Crippen LogP) is 1.53. The minimum Gasteiger partial charge on any atom is -0.382 e. The molecule has 19 heavy (non-hydrogen) atoms. The maximum absolute atomic E-state index is 11.6. The van der Waals surface area contributed by atoms with Crippen molar-refractivity contribution in [2.24, 2.45) is 0 Å². The van der Waals surface area contributed by atoms with E-state index in [0.717, 1.165) is 5.69 Å². The van der Waals surface area contributed by atoms with E-state index in [1.165, 1.54) is 0 Å². The lowest BCUT2D eigenvalue weighted by molar-refractivity contribution is -0.115. The molecular weight excluding hydrogens is 268 g/mol. The fraction of sp³-hybridized carbons (Fsp3) is 0.462. The Kier molecular flexibility index (Phi) is 7.43. The summed E-state index contributed by atoms with van der Waals surface area (Å²) in [5.74, 6) is -0.116. The topological polar surface area (TPSA) is 59.6 Å². The first kappa shape index (κ1) is 15.9. The second-order valence-electron chi connectivity index (χ2n) is 4.00. The van der Waals surface area contributed by atoms with Crippen LogP contribution in [0.25, 0.3) is 0 Å². The first-order chi connectivity index (χ1) is 9.15. The van der Waals surface area contributed by atoms with Gasteiger partial charge in [-0.3, -0.25) is 4.79 Å². The van der Waals surface area contributed by atoms with Crippen molar-refractivity contribution in [3.8, 4) is 0 Å². The Hall–Kier alpha value is -1.14.